The van der Waals surface area contributed by atoms with Crippen molar-refractivity contribution < 1.29 is 14.3 Å². The molecule has 0 N–H and O–H groups in total. The minimum absolute atomic E-state index is 0.0103. The first kappa shape index (κ1) is 8.01. The molecule has 1 atom stereocenters. The first-order valence-corrected chi connectivity index (χ1v) is 3.40. The van der Waals surface area contributed by atoms with Crippen molar-refractivity contribution in [3.8, 4) is 0 Å². The summed E-state index contributed by atoms with van der Waals surface area (Å²) in [4.78, 5) is 10.7. The number of carbonyl (C=O) groups excluding carboxylic acids is 1. The SMILES string of the molecule is C=CC(=O)OC(=CC)C1CO1. The highest BCUT2D eigenvalue weighted by Gasteiger charge is 2.29. The normalized spacial score (nSPS) is 22.6. The highest BCUT2D eigenvalue weighted by atomic mass is 16.6. The van der Waals surface area contributed by atoms with Crippen LogP contribution in [0, 0.1) is 0 Å². The summed E-state index contributed by atoms with van der Waals surface area (Å²) in [6.07, 6.45) is 2.84. The number of carbonyl (C=O) groups is 1. The molecule has 1 aliphatic heterocycles. The van der Waals surface area contributed by atoms with Crippen LogP contribution in [0.25, 0.3) is 0 Å². The van der Waals surface area contributed by atoms with Crippen LogP contribution < -0.4 is 0 Å². The van der Waals surface area contributed by atoms with Gasteiger partial charge in [-0.1, -0.05) is 6.58 Å². The second-order valence-corrected chi connectivity index (χ2v) is 2.14. The standard InChI is InChI=1S/C8H10O3/c1-3-6(7-5-10-7)11-8(9)4-2/h3-4,7H,2,5H2,1H3. The van der Waals surface area contributed by atoms with Crippen LogP contribution in [0.4, 0.5) is 0 Å². The van der Waals surface area contributed by atoms with E-state index in [9.17, 15) is 4.79 Å². The molecule has 3 heteroatoms. The first-order chi connectivity index (χ1) is 5.27. The molecule has 1 fully saturated rings. The molecule has 0 aromatic heterocycles. The Hall–Kier alpha value is -1.09. The summed E-state index contributed by atoms with van der Waals surface area (Å²) >= 11 is 0. The lowest BCUT2D eigenvalue weighted by Crippen LogP contribution is -2.04. The van der Waals surface area contributed by atoms with Gasteiger partial charge in [-0.2, -0.15) is 0 Å². The minimum Gasteiger partial charge on any atom is -0.425 e. The topological polar surface area (TPSA) is 38.8 Å². The molecule has 1 unspecified atom stereocenters. The number of hydrogen-bond donors (Lipinski definition) is 0. The Morgan fingerprint density at radius 2 is 2.45 bits per heavy atom. The quantitative estimate of drug-likeness (QED) is 0.263. The van der Waals surface area contributed by atoms with Crippen molar-refractivity contribution in [2.75, 3.05) is 6.61 Å². The average Bonchev–Trinajstić information content (AvgIpc) is 2.82. The monoisotopic (exact) mass is 154 g/mol. The summed E-state index contributed by atoms with van der Waals surface area (Å²) in [6.45, 7) is 5.73. The van der Waals surface area contributed by atoms with Gasteiger partial charge in [0.1, 0.15) is 11.9 Å². The predicted molar refractivity (Wildman–Crippen MR) is 39.8 cm³/mol. The fraction of sp³-hybridized carbons (Fsp3) is 0.375. The van der Waals surface area contributed by atoms with E-state index in [0.29, 0.717) is 12.4 Å². The number of ether oxygens (including phenoxy) is 2. The molecule has 0 aromatic rings. The maximum Gasteiger partial charge on any atom is 0.335 e. The van der Waals surface area contributed by atoms with Crippen molar-refractivity contribution in [2.45, 2.75) is 13.0 Å². The second-order valence-electron chi connectivity index (χ2n) is 2.14. The van der Waals surface area contributed by atoms with Gasteiger partial charge in [-0.15, -0.1) is 0 Å². The number of esters is 1. The van der Waals surface area contributed by atoms with Crippen molar-refractivity contribution in [1.82, 2.24) is 0 Å². The van der Waals surface area contributed by atoms with E-state index in [1.54, 1.807) is 13.0 Å². The molecule has 0 spiro atoms. The largest absolute Gasteiger partial charge is 0.425 e. The van der Waals surface area contributed by atoms with Gasteiger partial charge in [-0.05, 0) is 13.0 Å². The Bertz CT molecular complexity index is 201. The fourth-order valence-electron chi connectivity index (χ4n) is 0.681. The van der Waals surface area contributed by atoms with Crippen LogP contribution in [-0.4, -0.2) is 18.7 Å². The molecule has 0 saturated carbocycles. The molecule has 1 heterocycles. The summed E-state index contributed by atoms with van der Waals surface area (Å²) in [5.41, 5.74) is 0. The maximum absolute atomic E-state index is 10.7. The third kappa shape index (κ3) is 2.20. The predicted octanol–water partition coefficient (Wildman–Crippen LogP) is 1.02. The van der Waals surface area contributed by atoms with Gasteiger partial charge in [-0.3, -0.25) is 0 Å². The van der Waals surface area contributed by atoms with Crippen molar-refractivity contribution in [3.05, 3.63) is 24.5 Å². The van der Waals surface area contributed by atoms with Gasteiger partial charge in [0.05, 0.1) is 6.61 Å². The second kappa shape index (κ2) is 3.34. The lowest BCUT2D eigenvalue weighted by molar-refractivity contribution is -0.134. The molecule has 1 saturated heterocycles. The van der Waals surface area contributed by atoms with Gasteiger partial charge in [-0.25, -0.2) is 4.79 Å². The van der Waals surface area contributed by atoms with Crippen LogP contribution >= 0.6 is 0 Å². The minimum atomic E-state index is -0.436. The van der Waals surface area contributed by atoms with E-state index in [-0.39, 0.29) is 6.10 Å². The average molecular weight is 154 g/mol. The number of rotatable bonds is 3. The van der Waals surface area contributed by atoms with Gasteiger partial charge in [0, 0.05) is 6.08 Å². The van der Waals surface area contributed by atoms with E-state index < -0.39 is 5.97 Å². The van der Waals surface area contributed by atoms with E-state index in [0.717, 1.165) is 6.08 Å². The number of allylic oxidation sites excluding steroid dienone is 1. The van der Waals surface area contributed by atoms with Crippen molar-refractivity contribution in [3.63, 3.8) is 0 Å². The Labute approximate surface area is 65.3 Å². The lowest BCUT2D eigenvalue weighted by Gasteiger charge is -2.01. The maximum atomic E-state index is 10.7. The van der Waals surface area contributed by atoms with Crippen molar-refractivity contribution >= 4 is 5.97 Å². The zero-order valence-corrected chi connectivity index (χ0v) is 6.37. The molecule has 60 valence electrons. The molecule has 11 heavy (non-hydrogen) atoms. The Balaban J connectivity index is 2.44. The number of hydrogen-bond acceptors (Lipinski definition) is 3. The Morgan fingerprint density at radius 1 is 1.82 bits per heavy atom. The molecule has 0 bridgehead atoms. The molecule has 0 radical (unpaired) electrons. The Kier molecular flexibility index (Phi) is 2.44. The van der Waals surface area contributed by atoms with Crippen LogP contribution in [0.15, 0.2) is 24.5 Å². The highest BCUT2D eigenvalue weighted by molar-refractivity contribution is 5.82. The lowest BCUT2D eigenvalue weighted by atomic mass is 10.3. The van der Waals surface area contributed by atoms with Crippen molar-refractivity contribution in [2.24, 2.45) is 0 Å². The van der Waals surface area contributed by atoms with Crippen LogP contribution in [0.1, 0.15) is 6.92 Å². The summed E-state index contributed by atoms with van der Waals surface area (Å²) < 4.78 is 9.78. The summed E-state index contributed by atoms with van der Waals surface area (Å²) in [5.74, 6) is 0.142. The summed E-state index contributed by atoms with van der Waals surface area (Å²) in [7, 11) is 0. The fourth-order valence-corrected chi connectivity index (χ4v) is 0.681. The zero-order chi connectivity index (χ0) is 8.27. The Morgan fingerprint density at radius 3 is 2.82 bits per heavy atom. The van der Waals surface area contributed by atoms with E-state index in [1.807, 2.05) is 0 Å². The van der Waals surface area contributed by atoms with Gasteiger partial charge in [0.15, 0.2) is 0 Å². The van der Waals surface area contributed by atoms with E-state index >= 15 is 0 Å². The van der Waals surface area contributed by atoms with Gasteiger partial charge in [0.25, 0.3) is 0 Å². The molecule has 0 aromatic carbocycles. The van der Waals surface area contributed by atoms with Crippen LogP contribution in [0.2, 0.25) is 0 Å². The summed E-state index contributed by atoms with van der Waals surface area (Å²) in [6, 6.07) is 0. The van der Waals surface area contributed by atoms with Gasteiger partial charge in [0.2, 0.25) is 0 Å². The molecule has 0 amide bonds. The molecule has 1 aliphatic rings. The van der Waals surface area contributed by atoms with E-state index in [4.69, 9.17) is 9.47 Å². The smallest absolute Gasteiger partial charge is 0.335 e. The van der Waals surface area contributed by atoms with Gasteiger partial charge >= 0.3 is 5.97 Å². The molecular weight excluding hydrogens is 144 g/mol. The molecule has 0 aliphatic carbocycles. The zero-order valence-electron chi connectivity index (χ0n) is 6.37. The third-order valence-corrected chi connectivity index (χ3v) is 1.32. The number of epoxide rings is 1. The highest BCUT2D eigenvalue weighted by Crippen LogP contribution is 2.20. The third-order valence-electron chi connectivity index (χ3n) is 1.32. The van der Waals surface area contributed by atoms with Crippen LogP contribution in [0.3, 0.4) is 0 Å². The molecule has 1 rings (SSSR count). The van der Waals surface area contributed by atoms with Crippen molar-refractivity contribution in [1.29, 1.82) is 0 Å². The van der Waals surface area contributed by atoms with E-state index in [2.05, 4.69) is 6.58 Å². The van der Waals surface area contributed by atoms with Gasteiger partial charge < -0.3 is 9.47 Å². The molecule has 3 nitrogen and oxygen atoms in total. The first-order valence-electron chi connectivity index (χ1n) is 3.40. The van der Waals surface area contributed by atoms with Crippen LogP contribution in [0.5, 0.6) is 0 Å². The van der Waals surface area contributed by atoms with E-state index in [1.165, 1.54) is 0 Å². The summed E-state index contributed by atoms with van der Waals surface area (Å²) in [5, 5.41) is 0. The molecular formula is C8H10O3. The van der Waals surface area contributed by atoms with Crippen LogP contribution in [-0.2, 0) is 14.3 Å².